The molecule has 1 aromatic carbocycles. The Bertz CT molecular complexity index is 1150. The van der Waals surface area contributed by atoms with E-state index >= 15 is 0 Å². The Morgan fingerprint density at radius 2 is 1.66 bits per heavy atom. The second-order valence-electron chi connectivity index (χ2n) is 8.70. The van der Waals surface area contributed by atoms with Crippen LogP contribution in [0.3, 0.4) is 0 Å². The number of hydrazone groups is 1. The maximum atomic E-state index is 13.4. The van der Waals surface area contributed by atoms with E-state index in [0.29, 0.717) is 11.3 Å². The van der Waals surface area contributed by atoms with Gasteiger partial charge in [-0.15, -0.1) is 0 Å². The lowest BCUT2D eigenvalue weighted by Gasteiger charge is -2.27. The van der Waals surface area contributed by atoms with Crippen LogP contribution in [-0.2, 0) is 4.79 Å². The van der Waals surface area contributed by atoms with E-state index in [1.807, 2.05) is 0 Å². The number of pyridine rings is 1. The molecule has 13 heteroatoms. The highest BCUT2D eigenvalue weighted by molar-refractivity contribution is 6.09. The van der Waals surface area contributed by atoms with Crippen LogP contribution in [-0.4, -0.2) is 56.9 Å². The van der Waals surface area contributed by atoms with Crippen LogP contribution in [0.5, 0.6) is 0 Å². The maximum absolute atomic E-state index is 13.4. The smallest absolute Gasteiger partial charge is 0.299 e. The Morgan fingerprint density at radius 3 is 2.21 bits per heavy atom. The molecule has 0 saturated heterocycles. The number of carbonyl (C=O) groups is 2. The first-order chi connectivity index (χ1) is 18.2. The van der Waals surface area contributed by atoms with Crippen molar-refractivity contribution in [2.75, 3.05) is 25.0 Å². The summed E-state index contributed by atoms with van der Waals surface area (Å²) in [6.45, 7) is 7.49. The molecule has 1 atom stereocenters. The predicted molar refractivity (Wildman–Crippen MR) is 143 cm³/mol. The number of anilines is 1. The molecule has 38 heavy (non-hydrogen) atoms. The number of carbonyl (C=O) groups excluding carboxylic acids is 2. The Hall–Kier alpha value is -4.26. The van der Waals surface area contributed by atoms with E-state index in [4.69, 9.17) is 0 Å². The molecule has 0 aliphatic rings. The Morgan fingerprint density at radius 1 is 1.03 bits per heavy atom. The highest BCUT2D eigenvalue weighted by Gasteiger charge is 2.28. The molecular weight excluding hydrogens is 494 g/mol. The van der Waals surface area contributed by atoms with Crippen molar-refractivity contribution in [2.24, 2.45) is 11.0 Å². The lowest BCUT2D eigenvalue weighted by atomic mass is 10.0. The largest absolute Gasteiger partial charge is 0.320 e. The fourth-order valence-corrected chi connectivity index (χ4v) is 3.62. The van der Waals surface area contributed by atoms with E-state index < -0.39 is 39.0 Å². The van der Waals surface area contributed by atoms with Gasteiger partial charge in [0.2, 0.25) is 5.91 Å². The molecule has 0 unspecified atom stereocenters. The van der Waals surface area contributed by atoms with Gasteiger partial charge in [-0.1, -0.05) is 26.7 Å². The van der Waals surface area contributed by atoms with Crippen LogP contribution in [0.2, 0.25) is 0 Å². The quantitative estimate of drug-likeness (QED) is 0.197. The summed E-state index contributed by atoms with van der Waals surface area (Å²) in [6.07, 6.45) is 6.70. The van der Waals surface area contributed by atoms with Crippen LogP contribution in [0.25, 0.3) is 0 Å². The first kappa shape index (κ1) is 30.0. The zero-order valence-corrected chi connectivity index (χ0v) is 21.8. The number of benzene rings is 1. The standard InChI is InChI=1S/C25H33N7O6/c1-4-6-14-30(15-7-5-2)17-21(18(3)28-29-24(33)19-10-12-26-13-11-19)25(34)27-22-9-8-20(31(35)36)16-23(22)32(37)38/h8-13,16,21H,4-7,14-15,17H2,1-3H3,(H,27,34)(H,29,33)/b28-18-/t21-/m1/s1. The fourth-order valence-electron chi connectivity index (χ4n) is 3.62. The molecule has 0 aliphatic carbocycles. The minimum absolute atomic E-state index is 0.169. The Balaban J connectivity index is 2.35. The molecule has 2 N–H and O–H groups in total. The van der Waals surface area contributed by atoms with Gasteiger partial charge in [0.15, 0.2) is 0 Å². The number of nitrogens with one attached hydrogen (secondary N) is 2. The average Bonchev–Trinajstić information content (AvgIpc) is 2.91. The van der Waals surface area contributed by atoms with E-state index in [9.17, 15) is 29.8 Å². The second-order valence-corrected chi connectivity index (χ2v) is 8.70. The van der Waals surface area contributed by atoms with Crippen molar-refractivity contribution in [1.29, 1.82) is 0 Å². The number of rotatable bonds is 15. The molecule has 1 heterocycles. The monoisotopic (exact) mass is 527 g/mol. The van der Waals surface area contributed by atoms with Crippen LogP contribution in [0.1, 0.15) is 56.8 Å². The number of aromatic nitrogens is 1. The lowest BCUT2D eigenvalue weighted by Crippen LogP contribution is -2.41. The van der Waals surface area contributed by atoms with Gasteiger partial charge in [0.05, 0.1) is 21.8 Å². The predicted octanol–water partition coefficient (Wildman–Crippen LogP) is 4.16. The van der Waals surface area contributed by atoms with Crippen molar-refractivity contribution < 1.29 is 19.4 Å². The zero-order chi connectivity index (χ0) is 28.1. The van der Waals surface area contributed by atoms with Crippen LogP contribution >= 0.6 is 0 Å². The number of nitro groups is 2. The number of nitro benzene ring substituents is 2. The SMILES string of the molecule is CCCCN(CCCC)C[C@@H](C(=O)Nc1ccc([N+](=O)[O-])cc1[N+](=O)[O-])/C(C)=N\NC(=O)c1ccncc1. The van der Waals surface area contributed by atoms with Gasteiger partial charge in [0, 0.05) is 36.3 Å². The summed E-state index contributed by atoms with van der Waals surface area (Å²) in [6, 6.07) is 6.07. The summed E-state index contributed by atoms with van der Waals surface area (Å²) in [7, 11) is 0. The summed E-state index contributed by atoms with van der Waals surface area (Å²) in [4.78, 5) is 53.0. The second kappa shape index (κ2) is 15.1. The highest BCUT2D eigenvalue weighted by Crippen LogP contribution is 2.29. The van der Waals surface area contributed by atoms with Crippen molar-refractivity contribution in [3.63, 3.8) is 0 Å². The van der Waals surface area contributed by atoms with E-state index in [2.05, 4.69) is 39.6 Å². The fraction of sp³-hybridized carbons (Fsp3) is 0.440. The van der Waals surface area contributed by atoms with E-state index in [1.165, 1.54) is 24.5 Å². The molecule has 2 rings (SSSR count). The average molecular weight is 528 g/mol. The molecule has 1 aromatic heterocycles. The Kier molecular flexibility index (Phi) is 11.9. The molecule has 0 aliphatic heterocycles. The number of non-ortho nitro benzene ring substituents is 1. The molecule has 0 saturated carbocycles. The van der Waals surface area contributed by atoms with Gasteiger partial charge in [-0.2, -0.15) is 5.10 Å². The van der Waals surface area contributed by atoms with E-state index in [0.717, 1.165) is 57.0 Å². The molecule has 0 spiro atoms. The maximum Gasteiger partial charge on any atom is 0.299 e. The van der Waals surface area contributed by atoms with Crippen molar-refractivity contribution in [3.8, 4) is 0 Å². The van der Waals surface area contributed by atoms with Gasteiger partial charge in [0.25, 0.3) is 17.3 Å². The van der Waals surface area contributed by atoms with Crippen LogP contribution in [0.15, 0.2) is 47.8 Å². The normalized spacial score (nSPS) is 12.2. The zero-order valence-electron chi connectivity index (χ0n) is 21.8. The summed E-state index contributed by atoms with van der Waals surface area (Å²) < 4.78 is 0. The minimum atomic E-state index is -0.865. The van der Waals surface area contributed by atoms with Crippen LogP contribution < -0.4 is 10.7 Å². The summed E-state index contributed by atoms with van der Waals surface area (Å²) in [5, 5.41) is 29.3. The Labute approximate surface area is 220 Å². The third-order valence-corrected chi connectivity index (χ3v) is 5.84. The third kappa shape index (κ3) is 9.00. The van der Waals surface area contributed by atoms with Crippen molar-refractivity contribution in [2.45, 2.75) is 46.5 Å². The molecule has 2 aromatic rings. The minimum Gasteiger partial charge on any atom is -0.320 e. The lowest BCUT2D eigenvalue weighted by molar-refractivity contribution is -0.393. The number of amides is 2. The first-order valence-electron chi connectivity index (χ1n) is 12.4. The number of unbranched alkanes of at least 4 members (excludes halogenated alkanes) is 2. The first-order valence-corrected chi connectivity index (χ1v) is 12.4. The van der Waals surface area contributed by atoms with Crippen molar-refractivity contribution in [3.05, 3.63) is 68.5 Å². The van der Waals surface area contributed by atoms with Crippen LogP contribution in [0, 0.1) is 26.1 Å². The van der Waals surface area contributed by atoms with Crippen LogP contribution in [0.4, 0.5) is 17.1 Å². The molecule has 0 fully saturated rings. The highest BCUT2D eigenvalue weighted by atomic mass is 16.6. The molecule has 0 bridgehead atoms. The molecule has 13 nitrogen and oxygen atoms in total. The van der Waals surface area contributed by atoms with Gasteiger partial charge in [-0.25, -0.2) is 5.43 Å². The number of nitrogens with zero attached hydrogens (tertiary/aromatic N) is 5. The summed E-state index contributed by atoms with van der Waals surface area (Å²) >= 11 is 0. The third-order valence-electron chi connectivity index (χ3n) is 5.84. The van der Waals surface area contributed by atoms with Gasteiger partial charge >= 0.3 is 0 Å². The van der Waals surface area contributed by atoms with Gasteiger partial charge in [-0.3, -0.25) is 34.8 Å². The molecule has 0 radical (unpaired) electrons. The van der Waals surface area contributed by atoms with Crippen molar-refractivity contribution in [1.82, 2.24) is 15.3 Å². The number of hydrogen-bond acceptors (Lipinski definition) is 9. The van der Waals surface area contributed by atoms with Gasteiger partial charge < -0.3 is 10.2 Å². The van der Waals surface area contributed by atoms with Gasteiger partial charge in [0.1, 0.15) is 5.69 Å². The summed E-state index contributed by atoms with van der Waals surface area (Å²) in [5.41, 5.74) is 1.85. The van der Waals surface area contributed by atoms with Crippen molar-refractivity contribution >= 4 is 34.6 Å². The number of hydrogen-bond donors (Lipinski definition) is 2. The molecule has 2 amide bonds. The van der Waals surface area contributed by atoms with E-state index in [-0.39, 0.29) is 12.2 Å². The molecular formula is C25H33N7O6. The topological polar surface area (TPSA) is 173 Å². The summed E-state index contributed by atoms with van der Waals surface area (Å²) in [5.74, 6) is -1.93. The van der Waals surface area contributed by atoms with E-state index in [1.54, 1.807) is 6.92 Å². The molecule has 204 valence electrons. The van der Waals surface area contributed by atoms with Gasteiger partial charge in [-0.05, 0) is 51.1 Å².